The molecule has 0 bridgehead atoms. The molecule has 6 nitrogen and oxygen atoms in total. The number of hydrogen-bond acceptors (Lipinski definition) is 4. The van der Waals surface area contributed by atoms with E-state index in [0.717, 1.165) is 5.52 Å². The molecule has 0 spiro atoms. The number of hydrogen-bond donors (Lipinski definition) is 0. The van der Waals surface area contributed by atoms with Crippen LogP contribution in [0.15, 0.2) is 48.8 Å². The molecule has 0 aliphatic heterocycles. The zero-order valence-corrected chi connectivity index (χ0v) is 12.5. The summed E-state index contributed by atoms with van der Waals surface area (Å²) >= 11 is 5.99. The second kappa shape index (κ2) is 5.99. The summed E-state index contributed by atoms with van der Waals surface area (Å²) in [5.74, 6) is 0.330. The highest BCUT2D eigenvalue weighted by molar-refractivity contribution is 6.32. The second-order valence-corrected chi connectivity index (χ2v) is 5.20. The first-order chi connectivity index (χ1) is 11.1. The number of ether oxygens (including phenoxy) is 1. The van der Waals surface area contributed by atoms with E-state index in [4.69, 9.17) is 16.3 Å². The van der Waals surface area contributed by atoms with E-state index in [2.05, 4.69) is 6.07 Å². The summed E-state index contributed by atoms with van der Waals surface area (Å²) in [4.78, 5) is 10.2. The molecule has 7 heteroatoms. The Bertz CT molecular complexity index is 943. The van der Waals surface area contributed by atoms with E-state index in [1.165, 1.54) is 18.2 Å². The number of nitro groups is 1. The van der Waals surface area contributed by atoms with Crippen LogP contribution in [0, 0.1) is 21.4 Å². The largest absolute Gasteiger partial charge is 0.487 e. The lowest BCUT2D eigenvalue weighted by molar-refractivity contribution is -0.384. The number of aromatic nitrogens is 1. The molecular formula is C16H10ClN3O3. The van der Waals surface area contributed by atoms with Crippen molar-refractivity contribution < 1.29 is 9.66 Å². The van der Waals surface area contributed by atoms with Crippen LogP contribution in [-0.2, 0) is 6.61 Å². The third-order valence-corrected chi connectivity index (χ3v) is 3.68. The fraction of sp³-hybridized carbons (Fsp3) is 0.0625. The fourth-order valence-corrected chi connectivity index (χ4v) is 2.52. The molecule has 0 aliphatic rings. The van der Waals surface area contributed by atoms with Crippen LogP contribution in [0.25, 0.3) is 5.52 Å². The predicted molar refractivity (Wildman–Crippen MR) is 84.6 cm³/mol. The number of non-ortho nitro benzene ring substituents is 1. The van der Waals surface area contributed by atoms with Crippen LogP contribution in [0.3, 0.4) is 0 Å². The summed E-state index contributed by atoms with van der Waals surface area (Å²) in [7, 11) is 0. The molecule has 0 saturated heterocycles. The minimum atomic E-state index is -0.524. The van der Waals surface area contributed by atoms with Crippen molar-refractivity contribution in [3.05, 3.63) is 75.1 Å². The fourth-order valence-electron chi connectivity index (χ4n) is 2.29. The summed E-state index contributed by atoms with van der Waals surface area (Å²) in [6, 6.07) is 11.7. The van der Waals surface area contributed by atoms with E-state index in [9.17, 15) is 15.4 Å². The lowest BCUT2D eigenvalue weighted by atomic mass is 10.2. The normalized spacial score (nSPS) is 10.4. The van der Waals surface area contributed by atoms with E-state index < -0.39 is 4.92 Å². The number of halogens is 1. The van der Waals surface area contributed by atoms with Gasteiger partial charge in [0.05, 0.1) is 21.0 Å². The van der Waals surface area contributed by atoms with Crippen LogP contribution < -0.4 is 4.74 Å². The Hall–Kier alpha value is -3.04. The Kier molecular flexibility index (Phi) is 3.87. The monoisotopic (exact) mass is 327 g/mol. The van der Waals surface area contributed by atoms with Gasteiger partial charge in [0, 0.05) is 30.1 Å². The van der Waals surface area contributed by atoms with E-state index in [0.29, 0.717) is 16.9 Å². The maximum atomic E-state index is 10.7. The second-order valence-electron chi connectivity index (χ2n) is 4.79. The number of rotatable bonds is 4. The van der Waals surface area contributed by atoms with Crippen molar-refractivity contribution in [3.63, 3.8) is 0 Å². The van der Waals surface area contributed by atoms with Crippen molar-refractivity contribution >= 4 is 22.8 Å². The van der Waals surface area contributed by atoms with Gasteiger partial charge in [0.2, 0.25) is 0 Å². The summed E-state index contributed by atoms with van der Waals surface area (Å²) in [6.45, 7) is 0.141. The minimum absolute atomic E-state index is 0.102. The zero-order chi connectivity index (χ0) is 16.4. The molecule has 0 N–H and O–H groups in total. The lowest BCUT2D eigenvalue weighted by Crippen LogP contribution is -1.97. The Balaban J connectivity index is 1.87. The van der Waals surface area contributed by atoms with Crippen molar-refractivity contribution in [3.8, 4) is 11.8 Å². The van der Waals surface area contributed by atoms with Crippen molar-refractivity contribution in [2.45, 2.75) is 6.61 Å². The van der Waals surface area contributed by atoms with Gasteiger partial charge in [0.15, 0.2) is 0 Å². The zero-order valence-electron chi connectivity index (χ0n) is 11.8. The highest BCUT2D eigenvalue weighted by atomic mass is 35.5. The number of nitrogens with zero attached hydrogens (tertiary/aromatic N) is 3. The number of nitriles is 1. The number of pyridine rings is 1. The van der Waals surface area contributed by atoms with Gasteiger partial charge in [-0.2, -0.15) is 5.26 Å². The summed E-state index contributed by atoms with van der Waals surface area (Å²) in [5.41, 5.74) is 1.94. The maximum Gasteiger partial charge on any atom is 0.271 e. The Labute approximate surface area is 136 Å². The van der Waals surface area contributed by atoms with Crippen molar-refractivity contribution in [2.24, 2.45) is 0 Å². The van der Waals surface area contributed by atoms with Crippen molar-refractivity contribution in [2.75, 3.05) is 0 Å². The Morgan fingerprint density at radius 2 is 2.17 bits per heavy atom. The number of fused-ring (bicyclic) bond motifs is 1. The predicted octanol–water partition coefficient (Wildman–Crippen LogP) is 3.95. The summed E-state index contributed by atoms with van der Waals surface area (Å²) in [5, 5.41) is 20.2. The molecule has 3 rings (SSSR count). The van der Waals surface area contributed by atoms with Gasteiger partial charge >= 0.3 is 0 Å². The number of nitro benzene ring substituents is 1. The van der Waals surface area contributed by atoms with E-state index in [1.54, 1.807) is 0 Å². The minimum Gasteiger partial charge on any atom is -0.487 e. The molecule has 0 amide bonds. The molecule has 3 aromatic rings. The molecule has 2 aromatic heterocycles. The van der Waals surface area contributed by atoms with Gasteiger partial charge in [0.25, 0.3) is 5.69 Å². The van der Waals surface area contributed by atoms with Gasteiger partial charge in [-0.05, 0) is 18.2 Å². The van der Waals surface area contributed by atoms with Gasteiger partial charge in [-0.25, -0.2) is 0 Å². The van der Waals surface area contributed by atoms with Crippen molar-refractivity contribution in [1.82, 2.24) is 4.40 Å². The topological polar surface area (TPSA) is 80.6 Å². The first-order valence-electron chi connectivity index (χ1n) is 6.65. The highest BCUT2D eigenvalue weighted by Crippen LogP contribution is 2.30. The standard InChI is InChI=1S/C16H10ClN3O3/c17-14-7-12(20(21)22)4-5-16(14)23-10-11-9-19-6-2-1-3-15(19)13(11)8-18/h1-7,9H,10H2. The molecule has 23 heavy (non-hydrogen) atoms. The van der Waals surface area contributed by atoms with Gasteiger partial charge in [-0.15, -0.1) is 0 Å². The molecule has 0 aliphatic carbocycles. The quantitative estimate of drug-likeness (QED) is 0.536. The Morgan fingerprint density at radius 1 is 1.35 bits per heavy atom. The molecule has 0 unspecified atom stereocenters. The first-order valence-corrected chi connectivity index (χ1v) is 7.03. The molecule has 0 fully saturated rings. The average molecular weight is 328 g/mol. The molecule has 114 valence electrons. The first kappa shape index (κ1) is 14.9. The van der Waals surface area contributed by atoms with Crippen molar-refractivity contribution in [1.29, 1.82) is 5.26 Å². The number of benzene rings is 1. The molecule has 0 atom stereocenters. The van der Waals surface area contributed by atoms with Crippen LogP contribution >= 0.6 is 11.6 Å². The van der Waals surface area contributed by atoms with Crippen LogP contribution in [0.5, 0.6) is 5.75 Å². The average Bonchev–Trinajstić information content (AvgIpc) is 2.91. The highest BCUT2D eigenvalue weighted by Gasteiger charge is 2.13. The molecule has 1 aromatic carbocycles. The molecule has 2 heterocycles. The van der Waals surface area contributed by atoms with Gasteiger partial charge in [-0.3, -0.25) is 10.1 Å². The van der Waals surface area contributed by atoms with Gasteiger partial charge in [0.1, 0.15) is 18.4 Å². The SMILES string of the molecule is N#Cc1c(COc2ccc([N+](=O)[O-])cc2Cl)cn2ccccc12. The van der Waals surface area contributed by atoms with E-state index in [1.807, 2.05) is 35.0 Å². The third-order valence-electron chi connectivity index (χ3n) is 3.38. The molecular weight excluding hydrogens is 318 g/mol. The Morgan fingerprint density at radius 3 is 2.87 bits per heavy atom. The van der Waals surface area contributed by atoms with E-state index in [-0.39, 0.29) is 17.3 Å². The third kappa shape index (κ3) is 2.82. The maximum absolute atomic E-state index is 10.7. The lowest BCUT2D eigenvalue weighted by Gasteiger charge is -2.07. The van der Waals surface area contributed by atoms with Crippen LogP contribution in [0.2, 0.25) is 5.02 Å². The van der Waals surface area contributed by atoms with Crippen LogP contribution in [-0.4, -0.2) is 9.32 Å². The van der Waals surface area contributed by atoms with Gasteiger partial charge in [-0.1, -0.05) is 17.7 Å². The smallest absolute Gasteiger partial charge is 0.271 e. The summed E-state index contributed by atoms with van der Waals surface area (Å²) in [6.07, 6.45) is 3.66. The van der Waals surface area contributed by atoms with E-state index >= 15 is 0 Å². The van der Waals surface area contributed by atoms with Crippen LogP contribution in [0.4, 0.5) is 5.69 Å². The van der Waals surface area contributed by atoms with Crippen LogP contribution in [0.1, 0.15) is 11.1 Å². The molecule has 0 saturated carbocycles. The molecule has 0 radical (unpaired) electrons. The summed E-state index contributed by atoms with van der Waals surface area (Å²) < 4.78 is 7.45. The van der Waals surface area contributed by atoms with Gasteiger partial charge < -0.3 is 9.14 Å².